The molecule has 200 valence electrons. The Morgan fingerprint density at radius 1 is 1.05 bits per heavy atom. The number of rotatable bonds is 5. The van der Waals surface area contributed by atoms with Crippen LogP contribution < -0.4 is 10.9 Å². The summed E-state index contributed by atoms with van der Waals surface area (Å²) in [5.74, 6) is -1.24. The van der Waals surface area contributed by atoms with E-state index in [4.69, 9.17) is 4.74 Å². The van der Waals surface area contributed by atoms with Gasteiger partial charge in [-0.25, -0.2) is 14.8 Å². The van der Waals surface area contributed by atoms with E-state index in [-0.39, 0.29) is 5.56 Å². The van der Waals surface area contributed by atoms with Crippen molar-refractivity contribution in [3.05, 3.63) is 76.4 Å². The van der Waals surface area contributed by atoms with Gasteiger partial charge in [0.25, 0.3) is 5.56 Å². The third-order valence-corrected chi connectivity index (χ3v) is 6.00. The summed E-state index contributed by atoms with van der Waals surface area (Å²) in [6.07, 6.45) is -0.756. The molecule has 8 nitrogen and oxygen atoms in total. The van der Waals surface area contributed by atoms with Crippen LogP contribution in [0.1, 0.15) is 44.8 Å². The van der Waals surface area contributed by atoms with Crippen LogP contribution in [0.2, 0.25) is 0 Å². The highest BCUT2D eigenvalue weighted by Crippen LogP contribution is 2.29. The first-order valence-electron chi connectivity index (χ1n) is 12.0. The fourth-order valence-electron chi connectivity index (χ4n) is 4.32. The van der Waals surface area contributed by atoms with Gasteiger partial charge in [0, 0.05) is 60.5 Å². The minimum absolute atomic E-state index is 0.290. The Morgan fingerprint density at radius 2 is 1.74 bits per heavy atom. The molecule has 0 bridgehead atoms. The van der Waals surface area contributed by atoms with Crippen LogP contribution in [-0.4, -0.2) is 30.8 Å². The number of aryl methyl sites for hydroxylation is 1. The largest absolute Gasteiger partial charge is 0.451 e. The lowest BCUT2D eigenvalue weighted by Crippen LogP contribution is -2.32. The summed E-state index contributed by atoms with van der Waals surface area (Å²) >= 11 is 0. The predicted octanol–water partition coefficient (Wildman–Crippen LogP) is 5.39. The van der Waals surface area contributed by atoms with E-state index in [1.807, 2.05) is 30.7 Å². The van der Waals surface area contributed by atoms with Gasteiger partial charge < -0.3 is 14.6 Å². The number of carbonyl (C=O) groups excluding carboxylic acids is 1. The van der Waals surface area contributed by atoms with E-state index in [9.17, 15) is 22.8 Å². The number of halogens is 3. The first kappa shape index (κ1) is 26.9. The smallest absolute Gasteiger partial charge is 0.444 e. The fourth-order valence-corrected chi connectivity index (χ4v) is 4.32. The van der Waals surface area contributed by atoms with E-state index in [1.54, 1.807) is 39.1 Å². The van der Waals surface area contributed by atoms with Gasteiger partial charge in [-0.2, -0.15) is 13.2 Å². The third-order valence-electron chi connectivity index (χ3n) is 6.00. The Balaban J connectivity index is 1.64. The van der Waals surface area contributed by atoms with Crippen molar-refractivity contribution in [1.29, 1.82) is 0 Å². The molecule has 0 unspecified atom stereocenters. The highest BCUT2D eigenvalue weighted by Gasteiger charge is 2.34. The molecule has 3 aromatic heterocycles. The molecular weight excluding hydrogens is 499 g/mol. The summed E-state index contributed by atoms with van der Waals surface area (Å²) in [4.78, 5) is 31.9. The Labute approximate surface area is 217 Å². The molecule has 0 aliphatic rings. The lowest BCUT2D eigenvalue weighted by molar-refractivity contribution is -0.145. The number of benzene rings is 1. The quantitative estimate of drug-likeness (QED) is 0.376. The lowest BCUT2D eigenvalue weighted by Gasteiger charge is -2.19. The highest BCUT2D eigenvalue weighted by molar-refractivity contribution is 5.87. The molecule has 4 rings (SSSR count). The van der Waals surface area contributed by atoms with Crippen molar-refractivity contribution in [1.82, 2.24) is 24.4 Å². The average molecular weight is 528 g/mol. The van der Waals surface area contributed by atoms with Gasteiger partial charge in [-0.05, 0) is 51.0 Å². The van der Waals surface area contributed by atoms with Crippen LogP contribution in [0.4, 0.5) is 18.0 Å². The number of amides is 1. The van der Waals surface area contributed by atoms with Gasteiger partial charge >= 0.3 is 12.3 Å². The van der Waals surface area contributed by atoms with E-state index in [1.165, 1.54) is 10.6 Å². The molecule has 4 aromatic rings. The molecule has 0 spiro atoms. The van der Waals surface area contributed by atoms with E-state index in [0.717, 1.165) is 41.0 Å². The molecule has 0 aliphatic carbocycles. The minimum atomic E-state index is -4.64. The normalized spacial score (nSPS) is 12.1. The number of alkyl halides is 3. The van der Waals surface area contributed by atoms with Crippen molar-refractivity contribution in [2.24, 2.45) is 7.05 Å². The van der Waals surface area contributed by atoms with Crippen molar-refractivity contribution in [3.8, 4) is 16.8 Å². The van der Waals surface area contributed by atoms with Crippen LogP contribution in [-0.2, 0) is 30.9 Å². The van der Waals surface area contributed by atoms with Gasteiger partial charge in [-0.1, -0.05) is 13.0 Å². The maximum absolute atomic E-state index is 13.0. The zero-order valence-electron chi connectivity index (χ0n) is 21.7. The number of fused-ring (bicyclic) bond motifs is 1. The zero-order valence-corrected chi connectivity index (χ0v) is 21.7. The molecule has 1 aromatic carbocycles. The van der Waals surface area contributed by atoms with Crippen molar-refractivity contribution < 1.29 is 22.7 Å². The van der Waals surface area contributed by atoms with Crippen LogP contribution in [0.15, 0.2) is 53.7 Å². The topological polar surface area (TPSA) is 91.0 Å². The standard InChI is InChI=1S/C27H28F3N5O3/c1-6-21-20(15-33-25(37)38-26(2,3)4)19-8-7-18(12-22(19)34(21)5)35-10-9-16(11-23(35)36)17-13-31-24(32-14-17)27(28,29)30/h7-14H,6,15H2,1-5H3,(H,33,37). The van der Waals surface area contributed by atoms with Gasteiger partial charge in [0.2, 0.25) is 5.82 Å². The Bertz CT molecular complexity index is 1550. The number of alkyl carbamates (subject to hydrolysis) is 1. The Kier molecular flexibility index (Phi) is 7.05. The summed E-state index contributed by atoms with van der Waals surface area (Å²) < 4.78 is 47.1. The molecule has 11 heteroatoms. The number of ether oxygens (including phenoxy) is 1. The van der Waals surface area contributed by atoms with Crippen LogP contribution in [0, 0.1) is 0 Å². The molecule has 3 heterocycles. The fraction of sp³-hybridized carbons (Fsp3) is 0.333. The van der Waals surface area contributed by atoms with Gasteiger partial charge in [0.05, 0.1) is 11.2 Å². The predicted molar refractivity (Wildman–Crippen MR) is 137 cm³/mol. The molecule has 0 saturated heterocycles. The molecule has 38 heavy (non-hydrogen) atoms. The number of carbonyl (C=O) groups is 1. The van der Waals surface area contributed by atoms with Crippen molar-refractivity contribution in [2.45, 2.75) is 52.4 Å². The van der Waals surface area contributed by atoms with Crippen LogP contribution in [0.25, 0.3) is 27.7 Å². The van der Waals surface area contributed by atoms with Crippen molar-refractivity contribution in [3.63, 3.8) is 0 Å². The second kappa shape index (κ2) is 9.96. The van der Waals surface area contributed by atoms with Gasteiger partial charge in [0.1, 0.15) is 5.60 Å². The number of hydrogen-bond acceptors (Lipinski definition) is 5. The molecule has 0 fully saturated rings. The summed E-state index contributed by atoms with van der Waals surface area (Å²) in [6, 6.07) is 8.54. The Morgan fingerprint density at radius 3 is 2.32 bits per heavy atom. The number of aromatic nitrogens is 4. The molecule has 0 aliphatic heterocycles. The third kappa shape index (κ3) is 5.56. The number of pyridine rings is 1. The minimum Gasteiger partial charge on any atom is -0.444 e. The average Bonchev–Trinajstić information content (AvgIpc) is 3.11. The molecule has 1 amide bonds. The summed E-state index contributed by atoms with van der Waals surface area (Å²) in [5.41, 5.74) is 3.25. The number of nitrogens with one attached hydrogen (secondary N) is 1. The molecule has 0 saturated carbocycles. The summed E-state index contributed by atoms with van der Waals surface area (Å²) in [7, 11) is 1.93. The summed E-state index contributed by atoms with van der Waals surface area (Å²) in [5, 5.41) is 3.76. The molecule has 1 N–H and O–H groups in total. The van der Waals surface area contributed by atoms with Crippen LogP contribution >= 0.6 is 0 Å². The van der Waals surface area contributed by atoms with E-state index in [2.05, 4.69) is 15.3 Å². The Hall–Kier alpha value is -4.15. The van der Waals surface area contributed by atoms with Crippen LogP contribution in [0.3, 0.4) is 0 Å². The second-order valence-corrected chi connectivity index (χ2v) is 9.81. The van der Waals surface area contributed by atoms with Gasteiger partial charge in [-0.15, -0.1) is 0 Å². The summed E-state index contributed by atoms with van der Waals surface area (Å²) in [6.45, 7) is 7.72. The van der Waals surface area contributed by atoms with E-state index < -0.39 is 23.7 Å². The SMILES string of the molecule is CCc1c(CNC(=O)OC(C)(C)C)c2ccc(-n3ccc(-c4cnc(C(F)(F)F)nc4)cc3=O)cc2n1C. The maximum atomic E-state index is 13.0. The van der Waals surface area contributed by atoms with Crippen LogP contribution in [0.5, 0.6) is 0 Å². The van der Waals surface area contributed by atoms with Crippen molar-refractivity contribution in [2.75, 3.05) is 0 Å². The zero-order chi connectivity index (χ0) is 27.8. The van der Waals surface area contributed by atoms with E-state index in [0.29, 0.717) is 23.4 Å². The first-order valence-corrected chi connectivity index (χ1v) is 12.0. The molecular formula is C27H28F3N5O3. The first-order chi connectivity index (χ1) is 17.8. The number of nitrogens with zero attached hydrogens (tertiary/aromatic N) is 4. The molecule has 0 radical (unpaired) electrons. The number of hydrogen-bond donors (Lipinski definition) is 1. The monoisotopic (exact) mass is 527 g/mol. The van der Waals surface area contributed by atoms with E-state index >= 15 is 0 Å². The van der Waals surface area contributed by atoms with Gasteiger partial charge in [-0.3, -0.25) is 9.36 Å². The molecule has 0 atom stereocenters. The lowest BCUT2D eigenvalue weighted by atomic mass is 10.1. The highest BCUT2D eigenvalue weighted by atomic mass is 19.4. The second-order valence-electron chi connectivity index (χ2n) is 9.81. The van der Waals surface area contributed by atoms with Crippen molar-refractivity contribution >= 4 is 17.0 Å². The van der Waals surface area contributed by atoms with Gasteiger partial charge in [0.15, 0.2) is 0 Å². The maximum Gasteiger partial charge on any atom is 0.451 e.